The molecule has 0 amide bonds. The number of hydrogen-bond acceptors (Lipinski definition) is 6. The lowest BCUT2D eigenvalue weighted by atomic mass is 9.80. The first-order chi connectivity index (χ1) is 26.7. The minimum absolute atomic E-state index is 0.723. The van der Waals surface area contributed by atoms with Crippen molar-refractivity contribution in [2.24, 2.45) is 0 Å². The quantitative estimate of drug-likeness (QED) is 0.158. The van der Waals surface area contributed by atoms with E-state index in [9.17, 15) is 0 Å². The SMILES string of the molecule is c1cc2c3c(c1)-c1nc4nc(n1)-c1cccc5c1Cc1c(cccc1-c1nc(nc(n1)-c1cccc6c1Cc1c(cccc1-4)C6)-c1cccc(c1C3)C2)C5. The molecule has 8 aromatic rings. The van der Waals surface area contributed by atoms with Crippen LogP contribution in [-0.2, 0) is 38.5 Å². The van der Waals surface area contributed by atoms with Crippen LogP contribution in [0.15, 0.2) is 109 Å². The predicted octanol–water partition coefficient (Wildman–Crippen LogP) is 9.17. The van der Waals surface area contributed by atoms with Crippen LogP contribution in [0.25, 0.3) is 68.3 Å². The third-order valence-electron chi connectivity index (χ3n) is 12.6. The summed E-state index contributed by atoms with van der Waals surface area (Å²) in [6.45, 7) is 0. The summed E-state index contributed by atoms with van der Waals surface area (Å²) in [5.41, 5.74) is 21.7. The summed E-state index contributed by atoms with van der Waals surface area (Å²) >= 11 is 0. The zero-order chi connectivity index (χ0) is 35.1. The Balaban J connectivity index is 1.24. The van der Waals surface area contributed by atoms with Crippen LogP contribution in [0.3, 0.4) is 0 Å². The first kappa shape index (κ1) is 28.9. The molecule has 14 rings (SSSR count). The number of hydrogen-bond donors (Lipinski definition) is 0. The molecule has 0 N–H and O–H groups in total. The first-order valence-electron chi connectivity index (χ1n) is 18.9. The smallest absolute Gasteiger partial charge is 0.164 e. The van der Waals surface area contributed by atoms with Gasteiger partial charge in [0.15, 0.2) is 34.9 Å². The van der Waals surface area contributed by atoms with Crippen molar-refractivity contribution in [1.29, 1.82) is 0 Å². The molecule has 6 aromatic carbocycles. The average molecular weight is 691 g/mol. The van der Waals surface area contributed by atoms with Gasteiger partial charge in [-0.15, -0.1) is 0 Å². The molecule has 0 spiro atoms. The summed E-state index contributed by atoms with van der Waals surface area (Å²) in [5, 5.41) is 0. The van der Waals surface area contributed by atoms with Crippen LogP contribution < -0.4 is 0 Å². The molecule has 12 bridgehead atoms. The van der Waals surface area contributed by atoms with Gasteiger partial charge in [0.1, 0.15) is 0 Å². The number of aromatic nitrogens is 6. The Morgan fingerprint density at radius 1 is 0.222 bits per heavy atom. The third-order valence-corrected chi connectivity index (χ3v) is 12.6. The fraction of sp³-hybridized carbons (Fsp3) is 0.125. The summed E-state index contributed by atoms with van der Waals surface area (Å²) in [7, 11) is 0. The normalized spacial score (nSPS) is 14.2. The van der Waals surface area contributed by atoms with E-state index in [0.29, 0.717) is 0 Å². The molecule has 6 heteroatoms. The van der Waals surface area contributed by atoms with E-state index in [4.69, 9.17) is 29.9 Å². The van der Waals surface area contributed by atoms with E-state index in [-0.39, 0.29) is 0 Å². The van der Waals surface area contributed by atoms with E-state index >= 15 is 0 Å². The third kappa shape index (κ3) is 4.00. The molecule has 0 saturated carbocycles. The number of nitrogens with zero attached hydrogens (tertiary/aromatic N) is 6. The van der Waals surface area contributed by atoms with Gasteiger partial charge in [-0.05, 0) is 105 Å². The second kappa shape index (κ2) is 10.5. The molecule has 0 saturated heterocycles. The fourth-order valence-electron chi connectivity index (χ4n) is 9.93. The van der Waals surface area contributed by atoms with Gasteiger partial charge in [-0.1, -0.05) is 109 Å². The lowest BCUT2D eigenvalue weighted by molar-refractivity contribution is 0.958. The lowest BCUT2D eigenvalue weighted by Gasteiger charge is -2.27. The van der Waals surface area contributed by atoms with Crippen LogP contribution in [0, 0.1) is 0 Å². The zero-order valence-electron chi connectivity index (χ0n) is 29.3. The Bertz CT molecular complexity index is 2470. The molecule has 6 nitrogen and oxygen atoms in total. The molecule has 3 aliphatic carbocycles. The number of benzene rings is 6. The standard InChI is InChI=1S/C48H30N6/c1-7-25-19-26-8-2-14-32-38(26)22-37(25)31(13-1)43-49-44-33-15-3-9-27-20-29-11-5-17-35(41(29)23-39(27)33)47-52-46(32)53-48(54-47)36-18-6-12-30-21-28-10-4-16-34(45(50-43)51-44)40(28)24-42(30)36/h1-18H,19-24H2. The van der Waals surface area contributed by atoms with Gasteiger partial charge < -0.3 is 0 Å². The van der Waals surface area contributed by atoms with E-state index in [1.54, 1.807) is 0 Å². The van der Waals surface area contributed by atoms with Gasteiger partial charge in [-0.2, -0.15) is 0 Å². The van der Waals surface area contributed by atoms with Crippen molar-refractivity contribution < 1.29 is 0 Å². The Morgan fingerprint density at radius 2 is 0.407 bits per heavy atom. The largest absolute Gasteiger partial charge is 0.208 e. The Morgan fingerprint density at radius 3 is 0.593 bits per heavy atom. The number of rotatable bonds is 0. The van der Waals surface area contributed by atoms with Gasteiger partial charge in [0, 0.05) is 33.4 Å². The molecule has 0 atom stereocenters. The molecule has 3 aliphatic heterocycles. The van der Waals surface area contributed by atoms with Crippen molar-refractivity contribution in [3.8, 4) is 68.3 Å². The van der Waals surface area contributed by atoms with Crippen molar-refractivity contribution >= 4 is 0 Å². The average Bonchev–Trinajstić information content (AvgIpc) is 3.22. The van der Waals surface area contributed by atoms with Gasteiger partial charge in [0.2, 0.25) is 0 Å². The molecule has 2 aromatic heterocycles. The van der Waals surface area contributed by atoms with Gasteiger partial charge in [0.05, 0.1) is 0 Å². The van der Waals surface area contributed by atoms with Crippen LogP contribution in [0.2, 0.25) is 0 Å². The molecular formula is C48H30N6. The van der Waals surface area contributed by atoms with Crippen LogP contribution in [0.5, 0.6) is 0 Å². The molecule has 6 aliphatic rings. The Labute approximate surface area is 311 Å². The summed E-state index contributed by atoms with van der Waals surface area (Å²) in [5.74, 6) is 4.34. The molecule has 252 valence electrons. The first-order valence-corrected chi connectivity index (χ1v) is 18.9. The molecule has 5 heterocycles. The zero-order valence-corrected chi connectivity index (χ0v) is 29.3. The lowest BCUT2D eigenvalue weighted by Crippen LogP contribution is -2.16. The van der Waals surface area contributed by atoms with Crippen LogP contribution in [0.1, 0.15) is 66.8 Å². The molecule has 0 radical (unpaired) electrons. The van der Waals surface area contributed by atoms with Gasteiger partial charge in [-0.3, -0.25) is 0 Å². The van der Waals surface area contributed by atoms with Crippen molar-refractivity contribution in [3.05, 3.63) is 176 Å². The second-order valence-corrected chi connectivity index (χ2v) is 15.3. The van der Waals surface area contributed by atoms with Gasteiger partial charge >= 0.3 is 0 Å². The second-order valence-electron chi connectivity index (χ2n) is 15.3. The summed E-state index contributed by atoms with van der Waals surface area (Å²) in [6, 6.07) is 39.8. The van der Waals surface area contributed by atoms with Crippen molar-refractivity contribution in [1.82, 2.24) is 29.9 Å². The Kier molecular flexibility index (Phi) is 5.60. The van der Waals surface area contributed by atoms with Gasteiger partial charge in [0.25, 0.3) is 0 Å². The highest BCUT2D eigenvalue weighted by atomic mass is 15.0. The summed E-state index contributed by atoms with van der Waals surface area (Å²) in [6.07, 6.45) is 4.64. The topological polar surface area (TPSA) is 77.3 Å². The van der Waals surface area contributed by atoms with Crippen LogP contribution in [0.4, 0.5) is 0 Å². The van der Waals surface area contributed by atoms with Crippen LogP contribution in [-0.4, -0.2) is 29.9 Å². The van der Waals surface area contributed by atoms with Crippen LogP contribution >= 0.6 is 0 Å². The molecule has 54 heavy (non-hydrogen) atoms. The Hall–Kier alpha value is -6.66. The van der Waals surface area contributed by atoms with E-state index < -0.39 is 0 Å². The van der Waals surface area contributed by atoms with E-state index in [2.05, 4.69) is 109 Å². The highest BCUT2D eigenvalue weighted by Crippen LogP contribution is 2.44. The maximum atomic E-state index is 5.43. The van der Waals surface area contributed by atoms with Crippen molar-refractivity contribution in [2.75, 3.05) is 0 Å². The fourth-order valence-corrected chi connectivity index (χ4v) is 9.93. The monoisotopic (exact) mass is 690 g/mol. The molecule has 0 fully saturated rings. The van der Waals surface area contributed by atoms with E-state index in [0.717, 1.165) is 107 Å². The minimum Gasteiger partial charge on any atom is -0.208 e. The minimum atomic E-state index is 0.723. The maximum Gasteiger partial charge on any atom is 0.164 e. The van der Waals surface area contributed by atoms with E-state index in [1.807, 2.05) is 0 Å². The highest BCUT2D eigenvalue weighted by Gasteiger charge is 2.31. The van der Waals surface area contributed by atoms with Gasteiger partial charge in [-0.25, -0.2) is 29.9 Å². The maximum absolute atomic E-state index is 5.43. The van der Waals surface area contributed by atoms with Crippen molar-refractivity contribution in [3.63, 3.8) is 0 Å². The van der Waals surface area contributed by atoms with E-state index in [1.165, 1.54) is 66.8 Å². The van der Waals surface area contributed by atoms with Crippen molar-refractivity contribution in [2.45, 2.75) is 38.5 Å². The highest BCUT2D eigenvalue weighted by molar-refractivity contribution is 5.80. The summed E-state index contributed by atoms with van der Waals surface area (Å²) < 4.78 is 0. The molecule has 0 unspecified atom stereocenters. The predicted molar refractivity (Wildman–Crippen MR) is 209 cm³/mol. The molecular weight excluding hydrogens is 661 g/mol. The summed E-state index contributed by atoms with van der Waals surface area (Å²) in [4.78, 5) is 32.6.